The second-order valence-corrected chi connectivity index (χ2v) is 6.54. The first-order chi connectivity index (χ1) is 12.5. The maximum Gasteiger partial charge on any atom is 0.258 e. The van der Waals surface area contributed by atoms with Crippen molar-refractivity contribution in [3.63, 3.8) is 0 Å². The Kier molecular flexibility index (Phi) is 5.32. The van der Waals surface area contributed by atoms with E-state index < -0.39 is 17.5 Å². The Bertz CT molecular complexity index is 958. The zero-order valence-corrected chi connectivity index (χ0v) is 15.0. The molecule has 0 spiro atoms. The van der Waals surface area contributed by atoms with E-state index in [1.807, 2.05) is 6.92 Å². The molecule has 0 aliphatic carbocycles. The van der Waals surface area contributed by atoms with Crippen molar-refractivity contribution in [2.45, 2.75) is 26.7 Å². The monoisotopic (exact) mass is 374 g/mol. The van der Waals surface area contributed by atoms with Gasteiger partial charge in [0.15, 0.2) is 11.6 Å². The zero-order valence-electron chi connectivity index (χ0n) is 14.2. The highest BCUT2D eigenvalue weighted by Crippen LogP contribution is 2.23. The summed E-state index contributed by atoms with van der Waals surface area (Å²) in [6.45, 7) is 3.72. The highest BCUT2D eigenvalue weighted by molar-refractivity contribution is 7.06. The summed E-state index contributed by atoms with van der Waals surface area (Å²) < 4.78 is 30.6. The Labute approximate surface area is 153 Å². The van der Waals surface area contributed by atoms with Crippen LogP contribution in [0.5, 0.6) is 0 Å². The van der Waals surface area contributed by atoms with Crippen LogP contribution in [0.4, 0.5) is 14.5 Å². The quantitative estimate of drug-likeness (QED) is 0.735. The molecule has 3 aromatic rings. The van der Waals surface area contributed by atoms with Gasteiger partial charge in [-0.1, -0.05) is 6.92 Å². The molecule has 3 rings (SSSR count). The Balaban J connectivity index is 1.84. The summed E-state index contributed by atoms with van der Waals surface area (Å²) in [6, 6.07) is 3.22. The largest absolute Gasteiger partial charge is 0.322 e. The Morgan fingerprint density at radius 1 is 1.19 bits per heavy atom. The first-order valence-electron chi connectivity index (χ1n) is 7.99. The molecule has 26 heavy (non-hydrogen) atoms. The van der Waals surface area contributed by atoms with Crippen molar-refractivity contribution in [3.05, 3.63) is 69.7 Å². The van der Waals surface area contributed by atoms with Gasteiger partial charge in [0.25, 0.3) is 5.91 Å². The van der Waals surface area contributed by atoms with E-state index in [9.17, 15) is 13.6 Å². The molecular formula is C18H16F2N4OS. The smallest absolute Gasteiger partial charge is 0.258 e. The van der Waals surface area contributed by atoms with Crippen LogP contribution in [0.25, 0.3) is 0 Å². The van der Waals surface area contributed by atoms with Gasteiger partial charge in [-0.25, -0.2) is 8.78 Å². The van der Waals surface area contributed by atoms with Crippen LogP contribution < -0.4 is 5.32 Å². The van der Waals surface area contributed by atoms with Gasteiger partial charge < -0.3 is 5.32 Å². The predicted molar refractivity (Wildman–Crippen MR) is 95.4 cm³/mol. The second-order valence-electron chi connectivity index (χ2n) is 5.68. The lowest BCUT2D eigenvalue weighted by Gasteiger charge is -2.07. The molecule has 0 radical (unpaired) electrons. The van der Waals surface area contributed by atoms with E-state index in [0.29, 0.717) is 17.7 Å². The van der Waals surface area contributed by atoms with Gasteiger partial charge in [-0.3, -0.25) is 14.8 Å². The van der Waals surface area contributed by atoms with Gasteiger partial charge >= 0.3 is 0 Å². The Morgan fingerprint density at radius 3 is 2.69 bits per heavy atom. The fourth-order valence-corrected chi connectivity index (χ4v) is 3.35. The molecule has 0 aliphatic heterocycles. The molecule has 0 saturated heterocycles. The van der Waals surface area contributed by atoms with Crippen molar-refractivity contribution >= 4 is 23.1 Å². The summed E-state index contributed by atoms with van der Waals surface area (Å²) in [7, 11) is 0. The Morgan fingerprint density at radius 2 is 1.96 bits per heavy atom. The van der Waals surface area contributed by atoms with Crippen LogP contribution in [-0.2, 0) is 12.8 Å². The maximum absolute atomic E-state index is 13.3. The summed E-state index contributed by atoms with van der Waals surface area (Å²) >= 11 is 1.22. The van der Waals surface area contributed by atoms with Crippen molar-refractivity contribution in [1.29, 1.82) is 0 Å². The number of halogens is 2. The first kappa shape index (κ1) is 18.1. The molecule has 0 fully saturated rings. The van der Waals surface area contributed by atoms with Crippen molar-refractivity contribution in [2.75, 3.05) is 5.32 Å². The van der Waals surface area contributed by atoms with Gasteiger partial charge in [-0.05, 0) is 37.0 Å². The minimum Gasteiger partial charge on any atom is -0.322 e. The summed E-state index contributed by atoms with van der Waals surface area (Å²) in [5, 5.41) is 2.59. The van der Waals surface area contributed by atoms with Gasteiger partial charge in [0.2, 0.25) is 0 Å². The summed E-state index contributed by atoms with van der Waals surface area (Å²) in [5.74, 6) is -2.40. The van der Waals surface area contributed by atoms with Crippen molar-refractivity contribution in [1.82, 2.24) is 14.3 Å². The van der Waals surface area contributed by atoms with E-state index in [1.165, 1.54) is 17.6 Å². The number of nitrogens with zero attached hydrogens (tertiary/aromatic N) is 3. The van der Waals surface area contributed by atoms with Crippen molar-refractivity contribution in [3.8, 4) is 0 Å². The minimum absolute atomic E-state index is 0.179. The van der Waals surface area contributed by atoms with Gasteiger partial charge in [-0.2, -0.15) is 4.37 Å². The highest BCUT2D eigenvalue weighted by Gasteiger charge is 2.20. The lowest BCUT2D eigenvalue weighted by atomic mass is 10.1. The summed E-state index contributed by atoms with van der Waals surface area (Å²) in [5.41, 5.74) is 2.79. The average molecular weight is 374 g/mol. The SMILES string of the molecule is CCc1cncc(Cc2snc(C)c2C(=O)Nc2ccc(F)c(F)c2)n1. The third kappa shape index (κ3) is 3.91. The second kappa shape index (κ2) is 7.65. The number of hydrogen-bond donors (Lipinski definition) is 1. The van der Waals surface area contributed by atoms with Gasteiger partial charge in [0.05, 0.1) is 22.6 Å². The molecule has 0 atom stereocenters. The maximum atomic E-state index is 13.3. The fourth-order valence-electron chi connectivity index (χ4n) is 2.47. The van der Waals surface area contributed by atoms with Crippen LogP contribution in [0.3, 0.4) is 0 Å². The molecule has 0 unspecified atom stereocenters. The molecule has 0 saturated carbocycles. The lowest BCUT2D eigenvalue weighted by Crippen LogP contribution is -2.15. The molecule has 1 aromatic carbocycles. The third-order valence-corrected chi connectivity index (χ3v) is 4.71. The van der Waals surface area contributed by atoms with Crippen LogP contribution in [0.1, 0.15) is 39.2 Å². The molecule has 2 aromatic heterocycles. The molecule has 0 bridgehead atoms. The standard InChI is InChI=1S/C18H16F2N4OS/c1-3-11-8-21-9-13(22-11)7-16-17(10(2)24-26-16)18(25)23-12-4-5-14(19)15(20)6-12/h4-6,8-9H,3,7H2,1-2H3,(H,23,25). The molecule has 134 valence electrons. The molecule has 0 aliphatic rings. The molecule has 8 heteroatoms. The van der Waals surface area contributed by atoms with Crippen LogP contribution in [-0.4, -0.2) is 20.2 Å². The van der Waals surface area contributed by atoms with Crippen LogP contribution >= 0.6 is 11.5 Å². The number of anilines is 1. The predicted octanol–water partition coefficient (Wildman–Crippen LogP) is 3.93. The van der Waals surface area contributed by atoms with Crippen LogP contribution in [0.15, 0.2) is 30.6 Å². The molecular weight excluding hydrogens is 358 g/mol. The lowest BCUT2D eigenvalue weighted by molar-refractivity contribution is 0.102. The third-order valence-electron chi connectivity index (χ3n) is 3.78. The first-order valence-corrected chi connectivity index (χ1v) is 8.76. The van der Waals surface area contributed by atoms with E-state index in [1.54, 1.807) is 19.3 Å². The number of nitrogens with one attached hydrogen (secondary N) is 1. The van der Waals surface area contributed by atoms with E-state index >= 15 is 0 Å². The van der Waals surface area contributed by atoms with Gasteiger partial charge in [0, 0.05) is 35.4 Å². The number of carbonyl (C=O) groups is 1. The number of hydrogen-bond acceptors (Lipinski definition) is 5. The van der Waals surface area contributed by atoms with Crippen LogP contribution in [0, 0.1) is 18.6 Å². The zero-order chi connectivity index (χ0) is 18.7. The van der Waals surface area contributed by atoms with Crippen molar-refractivity contribution < 1.29 is 13.6 Å². The number of aryl methyl sites for hydroxylation is 2. The fraction of sp³-hybridized carbons (Fsp3) is 0.222. The number of amides is 1. The highest BCUT2D eigenvalue weighted by atomic mass is 32.1. The molecule has 5 nitrogen and oxygen atoms in total. The number of carbonyl (C=O) groups excluding carboxylic acids is 1. The summed E-state index contributed by atoms with van der Waals surface area (Å²) in [6.07, 6.45) is 4.56. The van der Waals surface area contributed by atoms with E-state index in [0.717, 1.165) is 34.8 Å². The molecule has 1 N–H and O–H groups in total. The molecule has 1 amide bonds. The number of rotatable bonds is 5. The minimum atomic E-state index is -1.02. The van der Waals surface area contributed by atoms with E-state index in [2.05, 4.69) is 19.7 Å². The molecule has 2 heterocycles. The van der Waals surface area contributed by atoms with Gasteiger partial charge in [-0.15, -0.1) is 0 Å². The van der Waals surface area contributed by atoms with Crippen LogP contribution in [0.2, 0.25) is 0 Å². The summed E-state index contributed by atoms with van der Waals surface area (Å²) in [4.78, 5) is 22.0. The number of benzene rings is 1. The van der Waals surface area contributed by atoms with Gasteiger partial charge in [0.1, 0.15) is 0 Å². The average Bonchev–Trinajstić information content (AvgIpc) is 2.98. The van der Waals surface area contributed by atoms with E-state index in [-0.39, 0.29) is 5.69 Å². The van der Waals surface area contributed by atoms with E-state index in [4.69, 9.17) is 0 Å². The number of aromatic nitrogens is 3. The van der Waals surface area contributed by atoms with Crippen molar-refractivity contribution in [2.24, 2.45) is 0 Å². The topological polar surface area (TPSA) is 67.8 Å². The Hall–Kier alpha value is -2.74. The normalized spacial score (nSPS) is 10.8.